The summed E-state index contributed by atoms with van der Waals surface area (Å²) >= 11 is 3.34. The Morgan fingerprint density at radius 1 is 1.50 bits per heavy atom. The van der Waals surface area contributed by atoms with Gasteiger partial charge < -0.3 is 5.73 Å². The molecule has 0 radical (unpaired) electrons. The Morgan fingerprint density at radius 2 is 2.08 bits per heavy atom. The summed E-state index contributed by atoms with van der Waals surface area (Å²) in [6.45, 7) is 3.44. The molecule has 1 aromatic rings. The molecule has 64 valence electrons. The Balaban J connectivity index is 3.37. The van der Waals surface area contributed by atoms with E-state index in [-0.39, 0.29) is 5.78 Å². The van der Waals surface area contributed by atoms with Gasteiger partial charge in [0.25, 0.3) is 0 Å². The van der Waals surface area contributed by atoms with E-state index in [9.17, 15) is 4.79 Å². The van der Waals surface area contributed by atoms with Crippen molar-refractivity contribution in [3.05, 3.63) is 27.7 Å². The molecule has 0 unspecified atom stereocenters. The smallest absolute Gasteiger partial charge is 0.161 e. The molecule has 0 amide bonds. The molecule has 0 spiro atoms. The van der Waals surface area contributed by atoms with Crippen molar-refractivity contribution in [2.45, 2.75) is 13.8 Å². The summed E-state index contributed by atoms with van der Waals surface area (Å²) in [6.07, 6.45) is 0. The van der Waals surface area contributed by atoms with Crippen molar-refractivity contribution < 1.29 is 4.79 Å². The molecule has 0 bridgehead atoms. The summed E-state index contributed by atoms with van der Waals surface area (Å²) in [5.74, 6) is 0.0253. The van der Waals surface area contributed by atoms with Crippen LogP contribution >= 0.6 is 15.9 Å². The van der Waals surface area contributed by atoms with Crippen LogP contribution in [-0.4, -0.2) is 5.78 Å². The van der Waals surface area contributed by atoms with E-state index in [0.29, 0.717) is 11.3 Å². The van der Waals surface area contributed by atoms with E-state index in [1.807, 2.05) is 13.0 Å². The van der Waals surface area contributed by atoms with Gasteiger partial charge in [-0.3, -0.25) is 4.79 Å². The van der Waals surface area contributed by atoms with Gasteiger partial charge in [-0.1, -0.05) is 0 Å². The van der Waals surface area contributed by atoms with E-state index in [1.165, 1.54) is 6.92 Å². The number of rotatable bonds is 1. The molecule has 0 aliphatic heterocycles. The van der Waals surface area contributed by atoms with Crippen LogP contribution in [0.4, 0.5) is 5.69 Å². The molecule has 0 saturated heterocycles. The first-order valence-electron chi connectivity index (χ1n) is 3.59. The number of nitrogens with two attached hydrogens (primary N) is 1. The minimum absolute atomic E-state index is 0.0253. The summed E-state index contributed by atoms with van der Waals surface area (Å²) in [4.78, 5) is 11.1. The zero-order valence-corrected chi connectivity index (χ0v) is 8.60. The Morgan fingerprint density at radius 3 is 2.58 bits per heavy atom. The van der Waals surface area contributed by atoms with Crippen molar-refractivity contribution in [1.82, 2.24) is 0 Å². The predicted molar refractivity (Wildman–Crippen MR) is 53.3 cm³/mol. The van der Waals surface area contributed by atoms with Gasteiger partial charge in [0.1, 0.15) is 0 Å². The maximum atomic E-state index is 11.1. The summed E-state index contributed by atoms with van der Waals surface area (Å²) < 4.78 is 0.837. The van der Waals surface area contributed by atoms with Crippen LogP contribution in [0.2, 0.25) is 0 Å². The fourth-order valence-electron chi connectivity index (χ4n) is 1.05. The van der Waals surface area contributed by atoms with Crippen molar-refractivity contribution in [3.63, 3.8) is 0 Å². The van der Waals surface area contributed by atoms with Crippen LogP contribution in [0.25, 0.3) is 0 Å². The minimum atomic E-state index is 0.0253. The van der Waals surface area contributed by atoms with Gasteiger partial charge in [0.05, 0.1) is 0 Å². The molecule has 0 fully saturated rings. The lowest BCUT2D eigenvalue weighted by atomic mass is 10.1. The number of ketones is 1. The molecule has 2 nitrogen and oxygen atoms in total. The molecule has 12 heavy (non-hydrogen) atoms. The molecule has 0 aromatic heterocycles. The SMILES string of the molecule is CC(=O)c1cc(N)cc(C)c1Br. The first kappa shape index (κ1) is 9.26. The molecule has 0 saturated carbocycles. The van der Waals surface area contributed by atoms with E-state index >= 15 is 0 Å². The van der Waals surface area contributed by atoms with Gasteiger partial charge in [0, 0.05) is 15.7 Å². The van der Waals surface area contributed by atoms with E-state index < -0.39 is 0 Å². The highest BCUT2D eigenvalue weighted by Crippen LogP contribution is 2.24. The average molecular weight is 228 g/mol. The number of benzene rings is 1. The fourth-order valence-corrected chi connectivity index (χ4v) is 1.56. The van der Waals surface area contributed by atoms with Gasteiger partial charge in [0.15, 0.2) is 5.78 Å². The van der Waals surface area contributed by atoms with Gasteiger partial charge in [-0.05, 0) is 47.5 Å². The average Bonchev–Trinajstić information content (AvgIpc) is 1.96. The summed E-state index contributed by atoms with van der Waals surface area (Å²) in [6, 6.07) is 3.51. The Hall–Kier alpha value is -0.830. The predicted octanol–water partition coefficient (Wildman–Crippen LogP) is 2.54. The van der Waals surface area contributed by atoms with Crippen LogP contribution in [0.3, 0.4) is 0 Å². The molecule has 2 N–H and O–H groups in total. The largest absolute Gasteiger partial charge is 0.399 e. The normalized spacial score (nSPS) is 9.92. The molecular formula is C9H10BrNO. The molecular weight excluding hydrogens is 218 g/mol. The van der Waals surface area contributed by atoms with E-state index in [0.717, 1.165) is 10.0 Å². The van der Waals surface area contributed by atoms with Gasteiger partial charge in [-0.2, -0.15) is 0 Å². The van der Waals surface area contributed by atoms with Crippen LogP contribution in [0.5, 0.6) is 0 Å². The number of carbonyl (C=O) groups excluding carboxylic acids is 1. The van der Waals surface area contributed by atoms with Crippen LogP contribution in [-0.2, 0) is 0 Å². The van der Waals surface area contributed by atoms with Crippen molar-refractivity contribution in [2.24, 2.45) is 0 Å². The summed E-state index contributed by atoms with van der Waals surface area (Å²) in [5.41, 5.74) is 7.85. The monoisotopic (exact) mass is 227 g/mol. The van der Waals surface area contributed by atoms with Crippen molar-refractivity contribution in [3.8, 4) is 0 Å². The number of nitrogen functional groups attached to an aromatic ring is 1. The number of Topliss-reactive ketones (excluding diaryl/α,β-unsaturated/α-hetero) is 1. The maximum absolute atomic E-state index is 11.1. The van der Waals surface area contributed by atoms with Gasteiger partial charge >= 0.3 is 0 Å². The minimum Gasteiger partial charge on any atom is -0.399 e. The number of hydrogen-bond acceptors (Lipinski definition) is 2. The van der Waals surface area contributed by atoms with Crippen molar-refractivity contribution in [2.75, 3.05) is 5.73 Å². The third-order valence-corrected chi connectivity index (χ3v) is 2.71. The van der Waals surface area contributed by atoms with E-state index in [2.05, 4.69) is 15.9 Å². The second-order valence-corrected chi connectivity index (χ2v) is 3.55. The molecule has 1 aromatic carbocycles. The molecule has 0 heterocycles. The number of halogens is 1. The quantitative estimate of drug-likeness (QED) is 0.592. The maximum Gasteiger partial charge on any atom is 0.161 e. The van der Waals surface area contributed by atoms with Gasteiger partial charge in [-0.15, -0.1) is 0 Å². The number of carbonyl (C=O) groups is 1. The lowest BCUT2D eigenvalue weighted by molar-refractivity contribution is 0.101. The fraction of sp³-hybridized carbons (Fsp3) is 0.222. The first-order chi connectivity index (χ1) is 5.52. The zero-order chi connectivity index (χ0) is 9.30. The molecule has 0 atom stereocenters. The summed E-state index contributed by atoms with van der Waals surface area (Å²) in [7, 11) is 0. The van der Waals surface area contributed by atoms with Crippen molar-refractivity contribution >= 4 is 27.4 Å². The van der Waals surface area contributed by atoms with Crippen LogP contribution in [0, 0.1) is 6.92 Å². The van der Waals surface area contributed by atoms with Crippen LogP contribution in [0.15, 0.2) is 16.6 Å². The summed E-state index contributed by atoms with van der Waals surface area (Å²) in [5, 5.41) is 0. The third kappa shape index (κ3) is 1.67. The number of hydrogen-bond donors (Lipinski definition) is 1. The van der Waals surface area contributed by atoms with Gasteiger partial charge in [-0.25, -0.2) is 0 Å². The molecule has 3 heteroatoms. The topological polar surface area (TPSA) is 43.1 Å². The first-order valence-corrected chi connectivity index (χ1v) is 4.38. The second-order valence-electron chi connectivity index (χ2n) is 2.76. The van der Waals surface area contributed by atoms with Crippen molar-refractivity contribution in [1.29, 1.82) is 0 Å². The Kier molecular flexibility index (Phi) is 2.52. The zero-order valence-electron chi connectivity index (χ0n) is 7.02. The highest BCUT2D eigenvalue weighted by molar-refractivity contribution is 9.10. The molecule has 0 aliphatic carbocycles. The van der Waals surface area contributed by atoms with E-state index in [1.54, 1.807) is 6.07 Å². The molecule has 1 rings (SSSR count). The standard InChI is InChI=1S/C9H10BrNO/c1-5-3-7(11)4-8(6(2)12)9(5)10/h3-4H,11H2,1-2H3. The van der Waals surface area contributed by atoms with Crippen LogP contribution < -0.4 is 5.73 Å². The number of anilines is 1. The highest BCUT2D eigenvalue weighted by Gasteiger charge is 2.07. The lowest BCUT2D eigenvalue weighted by Crippen LogP contribution is -1.98. The Bertz CT molecular complexity index is 334. The van der Waals surface area contributed by atoms with Crippen LogP contribution in [0.1, 0.15) is 22.8 Å². The molecule has 0 aliphatic rings. The van der Waals surface area contributed by atoms with E-state index in [4.69, 9.17) is 5.73 Å². The second kappa shape index (κ2) is 3.27. The highest BCUT2D eigenvalue weighted by atomic mass is 79.9. The Labute approximate surface area is 79.9 Å². The third-order valence-electron chi connectivity index (χ3n) is 1.66. The number of aryl methyl sites for hydroxylation is 1. The lowest BCUT2D eigenvalue weighted by Gasteiger charge is -2.05. The van der Waals surface area contributed by atoms with Gasteiger partial charge in [0.2, 0.25) is 0 Å².